The summed E-state index contributed by atoms with van der Waals surface area (Å²) in [5.41, 5.74) is 3.15. The summed E-state index contributed by atoms with van der Waals surface area (Å²) < 4.78 is 5.16. The molecule has 3 nitrogen and oxygen atoms in total. The van der Waals surface area contributed by atoms with Gasteiger partial charge in [-0.3, -0.25) is 0 Å². The van der Waals surface area contributed by atoms with Gasteiger partial charge in [0.2, 0.25) is 0 Å². The minimum atomic E-state index is 0.102. The summed E-state index contributed by atoms with van der Waals surface area (Å²) in [6, 6.07) is 13.2. The van der Waals surface area contributed by atoms with Gasteiger partial charge in [0.05, 0.1) is 11.6 Å². The quantitative estimate of drug-likeness (QED) is 0.873. The van der Waals surface area contributed by atoms with E-state index in [-0.39, 0.29) is 5.75 Å². The van der Waals surface area contributed by atoms with E-state index >= 15 is 0 Å². The molecular weight excluding hydrogens is 262 g/mol. The lowest BCUT2D eigenvalue weighted by molar-refractivity contribution is 0.185. The highest BCUT2D eigenvalue weighted by Crippen LogP contribution is 2.24. The van der Waals surface area contributed by atoms with E-state index in [9.17, 15) is 5.11 Å². The zero-order chi connectivity index (χ0) is 13.7. The second-order valence-electron chi connectivity index (χ2n) is 4.23. The number of benzene rings is 2. The molecule has 2 rings (SSSR count). The first-order chi connectivity index (χ1) is 9.20. The molecule has 100 valence electrons. The average Bonchev–Trinajstić information content (AvgIpc) is 2.42. The second-order valence-corrected chi connectivity index (χ2v) is 4.64. The number of nitrogens with one attached hydrogen (secondary N) is 1. The molecule has 0 heterocycles. The topological polar surface area (TPSA) is 41.5 Å². The van der Waals surface area contributed by atoms with Crippen LogP contribution in [0.25, 0.3) is 0 Å². The zero-order valence-electron chi connectivity index (χ0n) is 10.7. The molecule has 0 amide bonds. The van der Waals surface area contributed by atoms with E-state index in [0.29, 0.717) is 18.2 Å². The fourth-order valence-corrected chi connectivity index (χ4v) is 2.03. The molecule has 0 spiro atoms. The van der Waals surface area contributed by atoms with Gasteiger partial charge >= 0.3 is 0 Å². The van der Waals surface area contributed by atoms with Crippen molar-refractivity contribution in [1.82, 2.24) is 0 Å². The van der Waals surface area contributed by atoms with Crippen LogP contribution in [0.3, 0.4) is 0 Å². The maximum absolute atomic E-state index is 9.37. The first-order valence-electron chi connectivity index (χ1n) is 5.99. The number of phenols is 1. The van der Waals surface area contributed by atoms with Gasteiger partial charge < -0.3 is 15.2 Å². The van der Waals surface area contributed by atoms with Gasteiger partial charge in [0.15, 0.2) is 0 Å². The van der Waals surface area contributed by atoms with Crippen LogP contribution < -0.4 is 5.32 Å². The van der Waals surface area contributed by atoms with Crippen LogP contribution in [-0.4, -0.2) is 12.2 Å². The van der Waals surface area contributed by atoms with Gasteiger partial charge in [0.1, 0.15) is 5.75 Å². The Hall–Kier alpha value is -1.71. The van der Waals surface area contributed by atoms with Crippen LogP contribution in [0.15, 0.2) is 42.5 Å². The smallest absolute Gasteiger partial charge is 0.134 e. The number of anilines is 1. The molecule has 0 saturated carbocycles. The standard InChI is InChI=1S/C15H16ClNO2/c1-19-10-12-4-2-3-5-14(12)17-9-11-6-7-15(18)13(16)8-11/h2-8,17-18H,9-10H2,1H3. The van der Waals surface area contributed by atoms with E-state index < -0.39 is 0 Å². The third-order valence-electron chi connectivity index (χ3n) is 2.81. The van der Waals surface area contributed by atoms with Crippen molar-refractivity contribution < 1.29 is 9.84 Å². The number of hydrogen-bond acceptors (Lipinski definition) is 3. The molecule has 0 unspecified atom stereocenters. The molecule has 0 bridgehead atoms. The maximum atomic E-state index is 9.37. The molecule has 4 heteroatoms. The van der Waals surface area contributed by atoms with Gasteiger partial charge in [-0.25, -0.2) is 0 Å². The SMILES string of the molecule is COCc1ccccc1NCc1ccc(O)c(Cl)c1. The van der Waals surface area contributed by atoms with E-state index in [1.54, 1.807) is 19.2 Å². The molecule has 0 atom stereocenters. The summed E-state index contributed by atoms with van der Waals surface area (Å²) in [4.78, 5) is 0. The summed E-state index contributed by atoms with van der Waals surface area (Å²) in [6.07, 6.45) is 0. The Morgan fingerprint density at radius 1 is 1.21 bits per heavy atom. The van der Waals surface area contributed by atoms with Crippen molar-refractivity contribution in [2.24, 2.45) is 0 Å². The van der Waals surface area contributed by atoms with Crippen LogP contribution in [-0.2, 0) is 17.9 Å². The molecule has 0 fully saturated rings. The van der Waals surface area contributed by atoms with Crippen LogP contribution in [0, 0.1) is 0 Å². The lowest BCUT2D eigenvalue weighted by atomic mass is 10.1. The Kier molecular flexibility index (Phi) is 4.66. The van der Waals surface area contributed by atoms with Crippen LogP contribution in [0.4, 0.5) is 5.69 Å². The minimum Gasteiger partial charge on any atom is -0.506 e. The Morgan fingerprint density at radius 2 is 2.00 bits per heavy atom. The summed E-state index contributed by atoms with van der Waals surface area (Å²) in [7, 11) is 1.68. The van der Waals surface area contributed by atoms with E-state index in [1.165, 1.54) is 0 Å². The Balaban J connectivity index is 2.07. The molecule has 0 radical (unpaired) electrons. The molecule has 2 N–H and O–H groups in total. The molecular formula is C15H16ClNO2. The van der Waals surface area contributed by atoms with Crippen LogP contribution >= 0.6 is 11.6 Å². The number of methoxy groups -OCH3 is 1. The Bertz CT molecular complexity index is 558. The molecule has 0 saturated heterocycles. The van der Waals surface area contributed by atoms with Crippen molar-refractivity contribution in [3.05, 3.63) is 58.6 Å². The summed E-state index contributed by atoms with van der Waals surface area (Å²) in [5, 5.41) is 13.1. The van der Waals surface area contributed by atoms with E-state index in [2.05, 4.69) is 5.32 Å². The zero-order valence-corrected chi connectivity index (χ0v) is 11.4. The number of hydrogen-bond donors (Lipinski definition) is 2. The fraction of sp³-hybridized carbons (Fsp3) is 0.200. The normalized spacial score (nSPS) is 10.4. The number of para-hydroxylation sites is 1. The third-order valence-corrected chi connectivity index (χ3v) is 3.11. The Morgan fingerprint density at radius 3 is 2.74 bits per heavy atom. The summed E-state index contributed by atoms with van der Waals surface area (Å²) in [5.74, 6) is 0.102. The second kappa shape index (κ2) is 6.45. The van der Waals surface area contributed by atoms with Crippen LogP contribution in [0.2, 0.25) is 5.02 Å². The number of ether oxygens (including phenoxy) is 1. The largest absolute Gasteiger partial charge is 0.506 e. The number of halogens is 1. The van der Waals surface area contributed by atoms with E-state index in [0.717, 1.165) is 16.8 Å². The number of aromatic hydroxyl groups is 1. The fourth-order valence-electron chi connectivity index (χ4n) is 1.83. The summed E-state index contributed by atoms with van der Waals surface area (Å²) >= 11 is 5.88. The van der Waals surface area contributed by atoms with Crippen LogP contribution in [0.5, 0.6) is 5.75 Å². The lowest BCUT2D eigenvalue weighted by Crippen LogP contribution is -2.03. The van der Waals surface area contributed by atoms with Crippen molar-refractivity contribution in [3.63, 3.8) is 0 Å². The van der Waals surface area contributed by atoms with Gasteiger partial charge in [-0.05, 0) is 23.8 Å². The van der Waals surface area contributed by atoms with Crippen molar-refractivity contribution in [3.8, 4) is 5.75 Å². The molecule has 2 aromatic rings. The van der Waals surface area contributed by atoms with E-state index in [1.807, 2.05) is 30.3 Å². The number of rotatable bonds is 5. The molecule has 0 aliphatic rings. The van der Waals surface area contributed by atoms with Crippen molar-refractivity contribution in [2.75, 3.05) is 12.4 Å². The van der Waals surface area contributed by atoms with Crippen molar-refractivity contribution in [2.45, 2.75) is 13.2 Å². The molecule has 0 aliphatic carbocycles. The summed E-state index contributed by atoms with van der Waals surface area (Å²) in [6.45, 7) is 1.21. The van der Waals surface area contributed by atoms with Crippen LogP contribution in [0.1, 0.15) is 11.1 Å². The minimum absolute atomic E-state index is 0.102. The van der Waals surface area contributed by atoms with Crippen molar-refractivity contribution in [1.29, 1.82) is 0 Å². The average molecular weight is 278 g/mol. The maximum Gasteiger partial charge on any atom is 0.134 e. The first kappa shape index (κ1) is 13.7. The van der Waals surface area contributed by atoms with Crippen molar-refractivity contribution >= 4 is 17.3 Å². The number of phenolic OH excluding ortho intramolecular Hbond substituents is 1. The van der Waals surface area contributed by atoms with E-state index in [4.69, 9.17) is 16.3 Å². The highest BCUT2D eigenvalue weighted by molar-refractivity contribution is 6.32. The molecule has 0 aromatic heterocycles. The third kappa shape index (κ3) is 3.63. The first-order valence-corrected chi connectivity index (χ1v) is 6.36. The monoisotopic (exact) mass is 277 g/mol. The molecule has 0 aliphatic heterocycles. The highest BCUT2D eigenvalue weighted by atomic mass is 35.5. The van der Waals surface area contributed by atoms with Gasteiger partial charge in [0, 0.05) is 24.9 Å². The van der Waals surface area contributed by atoms with Gasteiger partial charge in [-0.15, -0.1) is 0 Å². The highest BCUT2D eigenvalue weighted by Gasteiger charge is 2.03. The van der Waals surface area contributed by atoms with Gasteiger partial charge in [0.25, 0.3) is 0 Å². The van der Waals surface area contributed by atoms with Gasteiger partial charge in [-0.1, -0.05) is 35.9 Å². The lowest BCUT2D eigenvalue weighted by Gasteiger charge is -2.12. The predicted octanol–water partition coefficient (Wildman–Crippen LogP) is 3.80. The molecule has 19 heavy (non-hydrogen) atoms. The Labute approximate surface area is 117 Å². The van der Waals surface area contributed by atoms with Gasteiger partial charge in [-0.2, -0.15) is 0 Å². The predicted molar refractivity (Wildman–Crippen MR) is 77.6 cm³/mol. The molecule has 2 aromatic carbocycles.